The van der Waals surface area contributed by atoms with Gasteiger partial charge in [-0.1, -0.05) is 0 Å². The van der Waals surface area contributed by atoms with E-state index < -0.39 is 5.60 Å². The Labute approximate surface area is 125 Å². The number of piperidine rings is 1. The van der Waals surface area contributed by atoms with Crippen LogP contribution in [0.3, 0.4) is 0 Å². The molecule has 1 amide bonds. The third-order valence-corrected chi connectivity index (χ3v) is 3.46. The van der Waals surface area contributed by atoms with E-state index in [-0.39, 0.29) is 12.1 Å². The molecule has 0 spiro atoms. The molecular weight excluding hydrogens is 268 g/mol. The summed E-state index contributed by atoms with van der Waals surface area (Å²) in [6.07, 6.45) is 4.74. The minimum absolute atomic E-state index is 0.146. The van der Waals surface area contributed by atoms with Crippen molar-refractivity contribution in [1.29, 1.82) is 0 Å². The zero-order chi connectivity index (χ0) is 15.5. The van der Waals surface area contributed by atoms with Crippen LogP contribution in [-0.2, 0) is 4.74 Å². The van der Waals surface area contributed by atoms with Crippen molar-refractivity contribution in [2.24, 2.45) is 0 Å². The van der Waals surface area contributed by atoms with Crippen molar-refractivity contribution in [2.45, 2.75) is 58.2 Å². The largest absolute Gasteiger partial charge is 0.444 e. The summed E-state index contributed by atoms with van der Waals surface area (Å²) in [6.45, 7) is 8.61. The van der Waals surface area contributed by atoms with Crippen LogP contribution in [0.5, 0.6) is 0 Å². The van der Waals surface area contributed by atoms with Crippen molar-refractivity contribution in [3.63, 3.8) is 0 Å². The first-order valence-electron chi connectivity index (χ1n) is 7.37. The Morgan fingerprint density at radius 2 is 2.24 bits per heavy atom. The summed E-state index contributed by atoms with van der Waals surface area (Å²) in [5, 5.41) is 2.96. The molecule has 1 N–H and O–H groups in total. The van der Waals surface area contributed by atoms with Gasteiger partial charge in [-0.05, 0) is 46.6 Å². The van der Waals surface area contributed by atoms with Gasteiger partial charge in [0.2, 0.25) is 0 Å². The lowest BCUT2D eigenvalue weighted by atomic mass is 9.98. The number of alkyl carbamates (subject to hydrolysis) is 1. The number of nitrogens with zero attached hydrogens (tertiary/aromatic N) is 3. The topological polar surface area (TPSA) is 67.3 Å². The number of anilines is 1. The number of nitrogens with one attached hydrogen (secondary N) is 1. The summed E-state index contributed by atoms with van der Waals surface area (Å²) in [4.78, 5) is 22.3. The summed E-state index contributed by atoms with van der Waals surface area (Å²) >= 11 is 0. The summed E-state index contributed by atoms with van der Waals surface area (Å²) in [5.74, 6) is 0.938. The average Bonchev–Trinajstić information content (AvgIpc) is 2.37. The summed E-state index contributed by atoms with van der Waals surface area (Å²) in [7, 11) is 0. The molecule has 0 saturated carbocycles. The van der Waals surface area contributed by atoms with Crippen molar-refractivity contribution < 1.29 is 9.53 Å². The quantitative estimate of drug-likeness (QED) is 0.906. The highest BCUT2D eigenvalue weighted by molar-refractivity contribution is 5.68. The zero-order valence-electron chi connectivity index (χ0n) is 13.2. The fourth-order valence-electron chi connectivity index (χ4n) is 2.57. The van der Waals surface area contributed by atoms with E-state index in [1.807, 2.05) is 26.8 Å². The van der Waals surface area contributed by atoms with E-state index in [9.17, 15) is 4.79 Å². The van der Waals surface area contributed by atoms with Gasteiger partial charge in [0.1, 0.15) is 17.7 Å². The van der Waals surface area contributed by atoms with Gasteiger partial charge in [-0.25, -0.2) is 14.8 Å². The molecule has 1 saturated heterocycles. The maximum absolute atomic E-state index is 11.8. The molecule has 1 aliphatic rings. The summed E-state index contributed by atoms with van der Waals surface area (Å²) in [6, 6.07) is 2.37. The third-order valence-electron chi connectivity index (χ3n) is 3.46. The number of hydrogen-bond acceptors (Lipinski definition) is 5. The van der Waals surface area contributed by atoms with Crippen LogP contribution in [0, 0.1) is 0 Å². The standard InChI is InChI=1S/C15H24N4O2/c1-11-9-12(18-14(20)21-15(2,3)4)6-8-19(11)13-5-7-16-10-17-13/h5,7,10-12H,6,8-9H2,1-4H3,(H,18,20). The van der Waals surface area contributed by atoms with Crippen LogP contribution in [0.25, 0.3) is 0 Å². The highest BCUT2D eigenvalue weighted by Crippen LogP contribution is 2.22. The van der Waals surface area contributed by atoms with Gasteiger partial charge < -0.3 is 15.0 Å². The molecule has 21 heavy (non-hydrogen) atoms. The second kappa shape index (κ2) is 6.28. The molecule has 0 aromatic carbocycles. The Bertz CT molecular complexity index is 472. The number of hydrogen-bond donors (Lipinski definition) is 1. The van der Waals surface area contributed by atoms with Crippen LogP contribution < -0.4 is 10.2 Å². The SMILES string of the molecule is CC1CC(NC(=O)OC(C)(C)C)CCN1c1ccncn1. The molecule has 1 aromatic heterocycles. The second-order valence-corrected chi connectivity index (χ2v) is 6.48. The molecular formula is C15H24N4O2. The number of ether oxygens (including phenoxy) is 1. The molecule has 6 heteroatoms. The summed E-state index contributed by atoms with van der Waals surface area (Å²) in [5.41, 5.74) is -0.461. The van der Waals surface area contributed by atoms with Gasteiger partial charge in [0.15, 0.2) is 0 Å². The Balaban J connectivity index is 1.88. The van der Waals surface area contributed by atoms with Crippen LogP contribution in [-0.4, -0.2) is 40.3 Å². The molecule has 1 aromatic rings. The molecule has 2 heterocycles. The number of amides is 1. The van der Waals surface area contributed by atoms with E-state index in [1.165, 1.54) is 0 Å². The zero-order valence-corrected chi connectivity index (χ0v) is 13.2. The Kier molecular flexibility index (Phi) is 4.65. The second-order valence-electron chi connectivity index (χ2n) is 6.48. The molecule has 2 unspecified atom stereocenters. The lowest BCUT2D eigenvalue weighted by Crippen LogP contribution is -2.50. The number of rotatable bonds is 2. The van der Waals surface area contributed by atoms with Crippen molar-refractivity contribution in [3.05, 3.63) is 18.6 Å². The molecule has 1 aliphatic heterocycles. The Hall–Kier alpha value is -1.85. The minimum Gasteiger partial charge on any atom is -0.444 e. The van der Waals surface area contributed by atoms with Gasteiger partial charge in [0, 0.05) is 24.8 Å². The predicted molar refractivity (Wildman–Crippen MR) is 81.2 cm³/mol. The van der Waals surface area contributed by atoms with Crippen molar-refractivity contribution >= 4 is 11.9 Å². The van der Waals surface area contributed by atoms with Crippen molar-refractivity contribution in [3.8, 4) is 0 Å². The fourth-order valence-corrected chi connectivity index (χ4v) is 2.57. The van der Waals surface area contributed by atoms with Crippen molar-refractivity contribution in [1.82, 2.24) is 15.3 Å². The van der Waals surface area contributed by atoms with Crippen LogP contribution in [0.2, 0.25) is 0 Å². The molecule has 1 fully saturated rings. The first kappa shape index (κ1) is 15.5. The van der Waals surface area contributed by atoms with E-state index in [1.54, 1.807) is 12.5 Å². The van der Waals surface area contributed by atoms with E-state index in [0.717, 1.165) is 25.2 Å². The highest BCUT2D eigenvalue weighted by Gasteiger charge is 2.28. The Morgan fingerprint density at radius 1 is 1.48 bits per heavy atom. The van der Waals surface area contributed by atoms with Crippen LogP contribution in [0.15, 0.2) is 18.6 Å². The number of carbonyl (C=O) groups is 1. The van der Waals surface area contributed by atoms with Gasteiger partial charge in [-0.2, -0.15) is 0 Å². The lowest BCUT2D eigenvalue weighted by molar-refractivity contribution is 0.0494. The molecule has 6 nitrogen and oxygen atoms in total. The fraction of sp³-hybridized carbons (Fsp3) is 0.667. The highest BCUT2D eigenvalue weighted by atomic mass is 16.6. The van der Waals surface area contributed by atoms with E-state index in [2.05, 4.69) is 27.1 Å². The molecule has 0 bridgehead atoms. The molecule has 116 valence electrons. The van der Waals surface area contributed by atoms with E-state index >= 15 is 0 Å². The lowest BCUT2D eigenvalue weighted by Gasteiger charge is -2.38. The van der Waals surface area contributed by atoms with Gasteiger partial charge in [-0.3, -0.25) is 0 Å². The molecule has 2 atom stereocenters. The normalized spacial score (nSPS) is 22.8. The number of carbonyl (C=O) groups excluding carboxylic acids is 1. The average molecular weight is 292 g/mol. The molecule has 0 radical (unpaired) electrons. The smallest absolute Gasteiger partial charge is 0.407 e. The van der Waals surface area contributed by atoms with E-state index in [0.29, 0.717) is 6.04 Å². The molecule has 2 rings (SSSR count). The van der Waals surface area contributed by atoms with Gasteiger partial charge in [0.25, 0.3) is 0 Å². The first-order valence-corrected chi connectivity index (χ1v) is 7.37. The van der Waals surface area contributed by atoms with E-state index in [4.69, 9.17) is 4.74 Å². The third kappa shape index (κ3) is 4.58. The maximum atomic E-state index is 11.8. The minimum atomic E-state index is -0.461. The van der Waals surface area contributed by atoms with Crippen LogP contribution in [0.4, 0.5) is 10.6 Å². The summed E-state index contributed by atoms with van der Waals surface area (Å²) < 4.78 is 5.30. The Morgan fingerprint density at radius 3 is 2.81 bits per heavy atom. The van der Waals surface area contributed by atoms with Crippen molar-refractivity contribution in [2.75, 3.05) is 11.4 Å². The van der Waals surface area contributed by atoms with Gasteiger partial charge >= 0.3 is 6.09 Å². The van der Waals surface area contributed by atoms with Gasteiger partial charge in [0.05, 0.1) is 0 Å². The maximum Gasteiger partial charge on any atom is 0.407 e. The monoisotopic (exact) mass is 292 g/mol. The van der Waals surface area contributed by atoms with Gasteiger partial charge in [-0.15, -0.1) is 0 Å². The van der Waals surface area contributed by atoms with Crippen LogP contribution in [0.1, 0.15) is 40.5 Å². The predicted octanol–water partition coefficient (Wildman–Crippen LogP) is 2.36. The first-order chi connectivity index (χ1) is 9.85. The van der Waals surface area contributed by atoms with Crippen LogP contribution >= 0.6 is 0 Å². The number of aromatic nitrogens is 2. The molecule has 0 aliphatic carbocycles.